The maximum Gasteiger partial charge on any atom is 0.123 e. The molecule has 0 aromatic heterocycles. The molecule has 0 radical (unpaired) electrons. The van der Waals surface area contributed by atoms with Gasteiger partial charge in [0.15, 0.2) is 0 Å². The molecule has 0 saturated carbocycles. The second-order valence-corrected chi connectivity index (χ2v) is 6.41. The van der Waals surface area contributed by atoms with E-state index in [1.54, 1.807) is 12.1 Å². The Morgan fingerprint density at radius 1 is 0.958 bits per heavy atom. The van der Waals surface area contributed by atoms with Gasteiger partial charge in [-0.05, 0) is 48.7 Å². The Balaban J connectivity index is 1.62. The van der Waals surface area contributed by atoms with Crippen molar-refractivity contribution in [3.8, 4) is 0 Å². The summed E-state index contributed by atoms with van der Waals surface area (Å²) in [6.07, 6.45) is 1.73. The highest BCUT2D eigenvalue weighted by molar-refractivity contribution is 5.54. The highest BCUT2D eigenvalue weighted by Crippen LogP contribution is 2.24. The van der Waals surface area contributed by atoms with Crippen molar-refractivity contribution in [2.24, 2.45) is 5.73 Å². The second kappa shape index (κ2) is 8.27. The van der Waals surface area contributed by atoms with Crippen LogP contribution in [0.15, 0.2) is 48.5 Å². The lowest BCUT2D eigenvalue weighted by atomic mass is 10.1. The lowest BCUT2D eigenvalue weighted by Crippen LogP contribution is -2.46. The lowest BCUT2D eigenvalue weighted by molar-refractivity contribution is 0.249. The normalized spacial score (nSPS) is 15.7. The van der Waals surface area contributed by atoms with Gasteiger partial charge in [0.05, 0.1) is 0 Å². The molecule has 2 N–H and O–H groups in total. The van der Waals surface area contributed by atoms with Gasteiger partial charge in [-0.25, -0.2) is 4.39 Å². The summed E-state index contributed by atoms with van der Waals surface area (Å²) in [6, 6.07) is 15.8. The van der Waals surface area contributed by atoms with E-state index in [0.717, 1.165) is 51.1 Å². The molecule has 0 atom stereocenters. The standard InChI is InChI=1S/C20H26FN3/c21-19-8-9-20(18(15-19)7-4-10-22)24-13-11-23(12-14-24)16-17-5-2-1-3-6-17/h1-3,5-6,8-9,15H,4,7,10-14,16,22H2. The minimum Gasteiger partial charge on any atom is -0.369 e. The first-order chi connectivity index (χ1) is 11.8. The molecule has 1 aliphatic heterocycles. The number of hydrogen-bond acceptors (Lipinski definition) is 3. The molecule has 0 amide bonds. The maximum atomic E-state index is 13.6. The van der Waals surface area contributed by atoms with E-state index < -0.39 is 0 Å². The van der Waals surface area contributed by atoms with Crippen LogP contribution < -0.4 is 10.6 Å². The van der Waals surface area contributed by atoms with Gasteiger partial charge >= 0.3 is 0 Å². The number of nitrogens with two attached hydrogens (primary N) is 1. The third-order valence-electron chi connectivity index (χ3n) is 4.65. The summed E-state index contributed by atoms with van der Waals surface area (Å²) in [7, 11) is 0. The summed E-state index contributed by atoms with van der Waals surface area (Å²) in [5.74, 6) is -0.159. The number of anilines is 1. The molecule has 4 heteroatoms. The van der Waals surface area contributed by atoms with E-state index in [-0.39, 0.29) is 5.82 Å². The molecule has 1 fully saturated rings. The van der Waals surface area contributed by atoms with Crippen LogP contribution in [0.25, 0.3) is 0 Å². The first kappa shape index (κ1) is 16.9. The molecule has 2 aromatic carbocycles. The van der Waals surface area contributed by atoms with Crippen molar-refractivity contribution in [1.29, 1.82) is 0 Å². The second-order valence-electron chi connectivity index (χ2n) is 6.41. The molecule has 0 bridgehead atoms. The molecule has 1 aliphatic rings. The van der Waals surface area contributed by atoms with Crippen molar-refractivity contribution in [1.82, 2.24) is 4.90 Å². The van der Waals surface area contributed by atoms with E-state index >= 15 is 0 Å². The zero-order valence-corrected chi connectivity index (χ0v) is 14.1. The molecule has 0 unspecified atom stereocenters. The van der Waals surface area contributed by atoms with Crippen LogP contribution in [0.1, 0.15) is 17.5 Å². The fourth-order valence-corrected chi connectivity index (χ4v) is 3.34. The van der Waals surface area contributed by atoms with Crippen molar-refractivity contribution >= 4 is 5.69 Å². The number of rotatable bonds is 6. The molecule has 1 heterocycles. The largest absolute Gasteiger partial charge is 0.369 e. The van der Waals surface area contributed by atoms with Crippen LogP contribution in [0.4, 0.5) is 10.1 Å². The van der Waals surface area contributed by atoms with Gasteiger partial charge in [-0.1, -0.05) is 30.3 Å². The Morgan fingerprint density at radius 2 is 1.71 bits per heavy atom. The molecular weight excluding hydrogens is 301 g/mol. The number of benzene rings is 2. The average molecular weight is 327 g/mol. The third kappa shape index (κ3) is 4.34. The average Bonchev–Trinajstić information content (AvgIpc) is 2.62. The van der Waals surface area contributed by atoms with Gasteiger partial charge in [-0.15, -0.1) is 0 Å². The van der Waals surface area contributed by atoms with Crippen LogP contribution in [0.2, 0.25) is 0 Å². The molecule has 24 heavy (non-hydrogen) atoms. The number of aryl methyl sites for hydroxylation is 1. The molecule has 1 saturated heterocycles. The first-order valence-electron chi connectivity index (χ1n) is 8.76. The minimum absolute atomic E-state index is 0.159. The first-order valence-corrected chi connectivity index (χ1v) is 8.76. The predicted molar refractivity (Wildman–Crippen MR) is 97.7 cm³/mol. The smallest absolute Gasteiger partial charge is 0.123 e. The van der Waals surface area contributed by atoms with Crippen molar-refractivity contribution in [2.75, 3.05) is 37.6 Å². The molecule has 128 valence electrons. The van der Waals surface area contributed by atoms with E-state index in [9.17, 15) is 4.39 Å². The van der Waals surface area contributed by atoms with Crippen molar-refractivity contribution < 1.29 is 4.39 Å². The van der Waals surface area contributed by atoms with Crippen LogP contribution in [0.3, 0.4) is 0 Å². The zero-order chi connectivity index (χ0) is 16.8. The van der Waals surface area contributed by atoms with E-state index in [0.29, 0.717) is 6.54 Å². The lowest BCUT2D eigenvalue weighted by Gasteiger charge is -2.37. The topological polar surface area (TPSA) is 32.5 Å². The van der Waals surface area contributed by atoms with E-state index in [4.69, 9.17) is 5.73 Å². The predicted octanol–water partition coefficient (Wildman–Crippen LogP) is 3.04. The van der Waals surface area contributed by atoms with E-state index in [1.807, 2.05) is 6.07 Å². The Labute approximate surface area is 143 Å². The summed E-state index contributed by atoms with van der Waals surface area (Å²) in [5, 5.41) is 0. The van der Waals surface area contributed by atoms with Crippen molar-refractivity contribution in [3.63, 3.8) is 0 Å². The van der Waals surface area contributed by atoms with Gasteiger partial charge in [0, 0.05) is 38.4 Å². The van der Waals surface area contributed by atoms with Crippen LogP contribution in [0.5, 0.6) is 0 Å². The summed E-state index contributed by atoms with van der Waals surface area (Å²) in [4.78, 5) is 4.86. The van der Waals surface area contributed by atoms with Crippen molar-refractivity contribution in [3.05, 3.63) is 65.5 Å². The van der Waals surface area contributed by atoms with Crippen LogP contribution in [-0.4, -0.2) is 37.6 Å². The molecule has 0 aliphatic carbocycles. The summed E-state index contributed by atoms with van der Waals surface area (Å²) in [5.41, 5.74) is 9.23. The fourth-order valence-electron chi connectivity index (χ4n) is 3.34. The SMILES string of the molecule is NCCCc1cc(F)ccc1N1CCN(Cc2ccccc2)CC1. The number of piperazine rings is 1. The highest BCUT2D eigenvalue weighted by atomic mass is 19.1. The van der Waals surface area contributed by atoms with Crippen LogP contribution in [-0.2, 0) is 13.0 Å². The quantitative estimate of drug-likeness (QED) is 0.885. The molecular formula is C20H26FN3. The monoisotopic (exact) mass is 327 g/mol. The maximum absolute atomic E-state index is 13.6. The van der Waals surface area contributed by atoms with E-state index in [1.165, 1.54) is 11.3 Å². The number of halogens is 1. The molecule has 3 nitrogen and oxygen atoms in total. The van der Waals surface area contributed by atoms with Gasteiger partial charge in [0.2, 0.25) is 0 Å². The Morgan fingerprint density at radius 3 is 2.42 bits per heavy atom. The fraction of sp³-hybridized carbons (Fsp3) is 0.400. The summed E-state index contributed by atoms with van der Waals surface area (Å²) >= 11 is 0. The van der Waals surface area contributed by atoms with Crippen molar-refractivity contribution in [2.45, 2.75) is 19.4 Å². The Hall–Kier alpha value is -1.91. The van der Waals surface area contributed by atoms with Gasteiger partial charge in [0.1, 0.15) is 5.82 Å². The van der Waals surface area contributed by atoms with Gasteiger partial charge in [0.25, 0.3) is 0 Å². The van der Waals surface area contributed by atoms with Gasteiger partial charge < -0.3 is 10.6 Å². The van der Waals surface area contributed by atoms with Crippen LogP contribution >= 0.6 is 0 Å². The Bertz CT molecular complexity index is 637. The van der Waals surface area contributed by atoms with Gasteiger partial charge in [-0.3, -0.25) is 4.90 Å². The zero-order valence-electron chi connectivity index (χ0n) is 14.1. The summed E-state index contributed by atoms with van der Waals surface area (Å²) < 4.78 is 13.6. The molecule has 3 rings (SSSR count). The summed E-state index contributed by atoms with van der Waals surface area (Å²) in [6.45, 7) is 5.66. The minimum atomic E-state index is -0.159. The molecule has 0 spiro atoms. The molecule has 2 aromatic rings. The third-order valence-corrected chi connectivity index (χ3v) is 4.65. The highest BCUT2D eigenvalue weighted by Gasteiger charge is 2.19. The number of nitrogens with zero attached hydrogens (tertiary/aromatic N) is 2. The van der Waals surface area contributed by atoms with Gasteiger partial charge in [-0.2, -0.15) is 0 Å². The van der Waals surface area contributed by atoms with Crippen LogP contribution in [0, 0.1) is 5.82 Å². The Kier molecular flexibility index (Phi) is 5.83. The number of hydrogen-bond donors (Lipinski definition) is 1. The van der Waals surface area contributed by atoms with E-state index in [2.05, 4.69) is 40.1 Å².